The summed E-state index contributed by atoms with van der Waals surface area (Å²) in [5.74, 6) is 0.151. The Morgan fingerprint density at radius 2 is 2.11 bits per heavy atom. The molecule has 1 heterocycles. The fourth-order valence-electron chi connectivity index (χ4n) is 2.03. The molecule has 0 bridgehead atoms. The van der Waals surface area contributed by atoms with Gasteiger partial charge in [0.15, 0.2) is 0 Å². The molecule has 5 nitrogen and oxygen atoms in total. The highest BCUT2D eigenvalue weighted by molar-refractivity contribution is 5.75. The normalized spacial score (nSPS) is 18.6. The van der Waals surface area contributed by atoms with Crippen LogP contribution >= 0.6 is 0 Å². The summed E-state index contributed by atoms with van der Waals surface area (Å²) in [4.78, 5) is 13.9. The molecule has 18 heavy (non-hydrogen) atoms. The van der Waals surface area contributed by atoms with Crippen LogP contribution in [0.15, 0.2) is 0 Å². The molecule has 0 radical (unpaired) electrons. The minimum Gasteiger partial charge on any atom is -0.379 e. The second kappa shape index (κ2) is 9.30. The number of ether oxygens (including phenoxy) is 1. The molecular formula is C13H27N3O2. The summed E-state index contributed by atoms with van der Waals surface area (Å²) in [6, 6.07) is 0.194. The lowest BCUT2D eigenvalue weighted by atomic mass is 10.1. The first-order chi connectivity index (χ1) is 8.68. The van der Waals surface area contributed by atoms with Gasteiger partial charge < -0.3 is 15.8 Å². The topological polar surface area (TPSA) is 67.6 Å². The second-order valence-electron chi connectivity index (χ2n) is 5.03. The molecule has 1 unspecified atom stereocenters. The summed E-state index contributed by atoms with van der Waals surface area (Å²) in [6.45, 7) is 7.50. The summed E-state index contributed by atoms with van der Waals surface area (Å²) in [5.41, 5.74) is 5.64. The minimum atomic E-state index is 0.151. The van der Waals surface area contributed by atoms with Crippen molar-refractivity contribution < 1.29 is 9.53 Å². The van der Waals surface area contributed by atoms with Crippen molar-refractivity contribution in [2.24, 2.45) is 5.73 Å². The number of nitrogens with one attached hydrogen (secondary N) is 1. The third kappa shape index (κ3) is 7.63. The van der Waals surface area contributed by atoms with Crippen LogP contribution in [0.1, 0.15) is 32.6 Å². The maximum atomic E-state index is 11.5. The number of nitrogens with zero attached hydrogens (tertiary/aromatic N) is 1. The van der Waals surface area contributed by atoms with Gasteiger partial charge in [0.05, 0.1) is 13.2 Å². The number of amides is 1. The van der Waals surface area contributed by atoms with Crippen LogP contribution in [0, 0.1) is 0 Å². The Morgan fingerprint density at radius 3 is 2.78 bits per heavy atom. The Balaban J connectivity index is 1.91. The zero-order chi connectivity index (χ0) is 13.2. The molecule has 0 saturated carbocycles. The summed E-state index contributed by atoms with van der Waals surface area (Å²) in [6.07, 6.45) is 3.41. The predicted octanol–water partition coefficient (Wildman–Crippen LogP) is 0.342. The van der Waals surface area contributed by atoms with E-state index in [1.165, 1.54) is 0 Å². The van der Waals surface area contributed by atoms with Crippen molar-refractivity contribution in [1.29, 1.82) is 0 Å². The van der Waals surface area contributed by atoms with Gasteiger partial charge in [-0.2, -0.15) is 0 Å². The second-order valence-corrected chi connectivity index (χ2v) is 5.03. The largest absolute Gasteiger partial charge is 0.379 e. The van der Waals surface area contributed by atoms with Gasteiger partial charge in [0.25, 0.3) is 0 Å². The maximum Gasteiger partial charge on any atom is 0.219 e. The third-order valence-electron chi connectivity index (χ3n) is 3.14. The van der Waals surface area contributed by atoms with Gasteiger partial charge in [0.1, 0.15) is 0 Å². The Labute approximate surface area is 110 Å². The molecule has 0 spiro atoms. The van der Waals surface area contributed by atoms with Crippen molar-refractivity contribution in [3.8, 4) is 0 Å². The first-order valence-electron chi connectivity index (χ1n) is 7.01. The van der Waals surface area contributed by atoms with Gasteiger partial charge >= 0.3 is 0 Å². The van der Waals surface area contributed by atoms with Crippen molar-refractivity contribution in [2.75, 3.05) is 39.4 Å². The van der Waals surface area contributed by atoms with Crippen molar-refractivity contribution in [3.05, 3.63) is 0 Å². The molecule has 0 aliphatic carbocycles. The van der Waals surface area contributed by atoms with E-state index in [2.05, 4.69) is 10.2 Å². The number of hydrogen-bond acceptors (Lipinski definition) is 4. The molecule has 0 aromatic heterocycles. The van der Waals surface area contributed by atoms with Gasteiger partial charge in [0.2, 0.25) is 5.91 Å². The molecule has 1 saturated heterocycles. The average Bonchev–Trinajstić information content (AvgIpc) is 2.35. The molecule has 1 aliphatic rings. The molecule has 0 aromatic rings. The molecule has 106 valence electrons. The zero-order valence-corrected chi connectivity index (χ0v) is 11.5. The van der Waals surface area contributed by atoms with Crippen LogP contribution in [0.3, 0.4) is 0 Å². The highest BCUT2D eigenvalue weighted by Gasteiger charge is 2.09. The van der Waals surface area contributed by atoms with Gasteiger partial charge in [-0.25, -0.2) is 0 Å². The zero-order valence-electron chi connectivity index (χ0n) is 11.5. The van der Waals surface area contributed by atoms with Gasteiger partial charge in [-0.3, -0.25) is 9.69 Å². The van der Waals surface area contributed by atoms with Crippen LogP contribution in [-0.2, 0) is 9.53 Å². The quantitative estimate of drug-likeness (QED) is 0.615. The standard InChI is InChI=1S/C13H27N3O2/c1-12(14)4-2-5-13(17)15-6-3-7-16-8-10-18-11-9-16/h12H,2-11,14H2,1H3,(H,15,17). The Kier molecular flexibility index (Phi) is 7.96. The fraction of sp³-hybridized carbons (Fsp3) is 0.923. The lowest BCUT2D eigenvalue weighted by molar-refractivity contribution is -0.121. The highest BCUT2D eigenvalue weighted by Crippen LogP contribution is 1.99. The van der Waals surface area contributed by atoms with Crippen LogP contribution < -0.4 is 11.1 Å². The Morgan fingerprint density at radius 1 is 1.39 bits per heavy atom. The van der Waals surface area contributed by atoms with E-state index in [1.807, 2.05) is 6.92 Å². The van der Waals surface area contributed by atoms with Crippen molar-refractivity contribution in [3.63, 3.8) is 0 Å². The maximum absolute atomic E-state index is 11.5. The van der Waals surface area contributed by atoms with E-state index in [0.717, 1.165) is 58.7 Å². The summed E-state index contributed by atoms with van der Waals surface area (Å²) in [7, 11) is 0. The number of morpholine rings is 1. The molecule has 5 heteroatoms. The molecule has 1 atom stereocenters. The first kappa shape index (κ1) is 15.4. The average molecular weight is 257 g/mol. The van der Waals surface area contributed by atoms with Crippen LogP contribution in [-0.4, -0.2) is 56.2 Å². The van der Waals surface area contributed by atoms with Gasteiger partial charge in [-0.1, -0.05) is 0 Å². The number of rotatable bonds is 8. The molecule has 1 fully saturated rings. The van der Waals surface area contributed by atoms with E-state index >= 15 is 0 Å². The van der Waals surface area contributed by atoms with Crippen molar-refractivity contribution >= 4 is 5.91 Å². The molecule has 3 N–H and O–H groups in total. The van der Waals surface area contributed by atoms with E-state index in [9.17, 15) is 4.79 Å². The summed E-state index contributed by atoms with van der Waals surface area (Å²) < 4.78 is 5.29. The van der Waals surface area contributed by atoms with Gasteiger partial charge in [-0.15, -0.1) is 0 Å². The first-order valence-corrected chi connectivity index (χ1v) is 7.01. The summed E-state index contributed by atoms with van der Waals surface area (Å²) in [5, 5.41) is 2.96. The fourth-order valence-corrected chi connectivity index (χ4v) is 2.03. The number of nitrogens with two attached hydrogens (primary N) is 1. The van der Waals surface area contributed by atoms with E-state index in [-0.39, 0.29) is 11.9 Å². The number of hydrogen-bond donors (Lipinski definition) is 2. The molecule has 1 aliphatic heterocycles. The highest BCUT2D eigenvalue weighted by atomic mass is 16.5. The third-order valence-corrected chi connectivity index (χ3v) is 3.14. The minimum absolute atomic E-state index is 0.151. The van der Waals surface area contributed by atoms with E-state index in [4.69, 9.17) is 10.5 Å². The monoisotopic (exact) mass is 257 g/mol. The van der Waals surface area contributed by atoms with E-state index in [0.29, 0.717) is 6.42 Å². The Bertz CT molecular complexity index is 228. The van der Waals surface area contributed by atoms with Crippen LogP contribution in [0.2, 0.25) is 0 Å². The van der Waals surface area contributed by atoms with E-state index < -0.39 is 0 Å². The predicted molar refractivity (Wildman–Crippen MR) is 72.4 cm³/mol. The van der Waals surface area contributed by atoms with Gasteiger partial charge in [-0.05, 0) is 32.7 Å². The van der Waals surface area contributed by atoms with E-state index in [1.54, 1.807) is 0 Å². The lowest BCUT2D eigenvalue weighted by Crippen LogP contribution is -2.38. The van der Waals surface area contributed by atoms with Crippen LogP contribution in [0.25, 0.3) is 0 Å². The molecular weight excluding hydrogens is 230 g/mol. The number of carbonyl (C=O) groups excluding carboxylic acids is 1. The van der Waals surface area contributed by atoms with Gasteiger partial charge in [0, 0.05) is 32.1 Å². The number of carbonyl (C=O) groups is 1. The molecule has 1 amide bonds. The lowest BCUT2D eigenvalue weighted by Gasteiger charge is -2.26. The SMILES string of the molecule is CC(N)CCCC(=O)NCCCN1CCOCC1. The Hall–Kier alpha value is -0.650. The van der Waals surface area contributed by atoms with Crippen molar-refractivity contribution in [2.45, 2.75) is 38.6 Å². The summed E-state index contributed by atoms with van der Waals surface area (Å²) >= 11 is 0. The van der Waals surface area contributed by atoms with Crippen molar-refractivity contribution in [1.82, 2.24) is 10.2 Å². The molecule has 0 aromatic carbocycles. The smallest absolute Gasteiger partial charge is 0.219 e. The molecule has 1 rings (SSSR count). The van der Waals surface area contributed by atoms with Crippen LogP contribution in [0.4, 0.5) is 0 Å². The van der Waals surface area contributed by atoms with Crippen LogP contribution in [0.5, 0.6) is 0 Å².